The molecule has 1 aliphatic rings. The summed E-state index contributed by atoms with van der Waals surface area (Å²) in [6, 6.07) is 20.5. The zero-order valence-corrected chi connectivity index (χ0v) is 22.5. The predicted molar refractivity (Wildman–Crippen MR) is 150 cm³/mol. The molecule has 1 aliphatic heterocycles. The number of hydrogen-bond acceptors (Lipinski definition) is 5. The molecular formula is C31H30N2O3S. The number of carbonyl (C=O) groups is 2. The van der Waals surface area contributed by atoms with Crippen molar-refractivity contribution >= 4 is 44.1 Å². The number of benzene rings is 3. The minimum absolute atomic E-state index is 0.0493. The molecule has 2 heterocycles. The summed E-state index contributed by atoms with van der Waals surface area (Å²) < 4.78 is 0.955. The van der Waals surface area contributed by atoms with Crippen LogP contribution in [0.3, 0.4) is 0 Å². The van der Waals surface area contributed by atoms with E-state index in [1.54, 1.807) is 12.1 Å². The normalized spacial score (nSPS) is 17.6. The molecule has 5 nitrogen and oxygen atoms in total. The maximum absolute atomic E-state index is 13.5. The van der Waals surface area contributed by atoms with E-state index in [2.05, 4.69) is 33.8 Å². The zero-order valence-electron chi connectivity index (χ0n) is 21.7. The molecule has 4 aromatic rings. The topological polar surface area (TPSA) is 70.5 Å². The number of aliphatic hydroxyl groups is 1. The van der Waals surface area contributed by atoms with Gasteiger partial charge in [0.1, 0.15) is 5.76 Å². The molecule has 37 heavy (non-hydrogen) atoms. The number of ketones is 1. The van der Waals surface area contributed by atoms with E-state index >= 15 is 0 Å². The molecule has 0 bridgehead atoms. The Labute approximate surface area is 221 Å². The highest BCUT2D eigenvalue weighted by Crippen LogP contribution is 2.44. The second-order valence-electron chi connectivity index (χ2n) is 10.6. The van der Waals surface area contributed by atoms with E-state index in [1.807, 2.05) is 55.5 Å². The molecule has 5 rings (SSSR count). The van der Waals surface area contributed by atoms with Crippen LogP contribution in [0.15, 0.2) is 72.3 Å². The Morgan fingerprint density at radius 1 is 1.00 bits per heavy atom. The summed E-state index contributed by atoms with van der Waals surface area (Å²) in [5.74, 6) is -1.58. The average Bonchev–Trinajstić information content (AvgIpc) is 3.41. The van der Waals surface area contributed by atoms with E-state index in [0.717, 1.165) is 33.3 Å². The lowest BCUT2D eigenvalue weighted by Gasteiger charge is -2.24. The molecule has 1 saturated heterocycles. The highest BCUT2D eigenvalue weighted by atomic mass is 32.1. The van der Waals surface area contributed by atoms with Crippen LogP contribution in [0.5, 0.6) is 0 Å². The van der Waals surface area contributed by atoms with Crippen molar-refractivity contribution in [3.63, 3.8) is 0 Å². The molecule has 0 aliphatic carbocycles. The van der Waals surface area contributed by atoms with E-state index < -0.39 is 17.7 Å². The number of hydrogen-bond donors (Lipinski definition) is 1. The van der Waals surface area contributed by atoms with E-state index in [0.29, 0.717) is 10.7 Å². The highest BCUT2D eigenvalue weighted by molar-refractivity contribution is 7.22. The number of aliphatic hydroxyl groups excluding tert-OH is 1. The summed E-state index contributed by atoms with van der Waals surface area (Å²) in [6.07, 6.45) is 0.893. The van der Waals surface area contributed by atoms with Gasteiger partial charge in [-0.3, -0.25) is 14.5 Å². The van der Waals surface area contributed by atoms with Crippen molar-refractivity contribution in [2.24, 2.45) is 0 Å². The summed E-state index contributed by atoms with van der Waals surface area (Å²) in [5.41, 5.74) is 5.40. The van der Waals surface area contributed by atoms with E-state index in [9.17, 15) is 14.7 Å². The second kappa shape index (κ2) is 9.27. The third-order valence-electron chi connectivity index (χ3n) is 6.92. The molecule has 1 fully saturated rings. The number of Topliss-reactive ketones (excluding diaryl/α,β-unsaturated/α-hetero) is 1. The number of aromatic nitrogens is 1. The summed E-state index contributed by atoms with van der Waals surface area (Å²) in [4.78, 5) is 33.2. The first-order valence-corrected chi connectivity index (χ1v) is 13.3. The monoisotopic (exact) mass is 510 g/mol. The first kappa shape index (κ1) is 24.9. The first-order valence-electron chi connectivity index (χ1n) is 12.5. The van der Waals surface area contributed by atoms with E-state index in [-0.39, 0.29) is 16.7 Å². The Morgan fingerprint density at radius 2 is 1.68 bits per heavy atom. The fourth-order valence-electron chi connectivity index (χ4n) is 4.66. The largest absolute Gasteiger partial charge is 0.507 e. The molecular weight excluding hydrogens is 480 g/mol. The molecule has 1 atom stereocenters. The van der Waals surface area contributed by atoms with Crippen molar-refractivity contribution in [3.8, 4) is 0 Å². The maximum Gasteiger partial charge on any atom is 0.301 e. The summed E-state index contributed by atoms with van der Waals surface area (Å²) in [5, 5.41) is 11.8. The molecule has 1 amide bonds. The van der Waals surface area contributed by atoms with Crippen molar-refractivity contribution in [2.75, 3.05) is 4.90 Å². The average molecular weight is 511 g/mol. The van der Waals surface area contributed by atoms with Gasteiger partial charge in [-0.1, -0.05) is 99.2 Å². The molecule has 1 N–H and O–H groups in total. The molecule has 0 unspecified atom stereocenters. The Hall–Kier alpha value is -3.77. The Bertz CT molecular complexity index is 1540. The summed E-state index contributed by atoms with van der Waals surface area (Å²) in [7, 11) is 0. The van der Waals surface area contributed by atoms with E-state index in [4.69, 9.17) is 4.98 Å². The van der Waals surface area contributed by atoms with Crippen LogP contribution in [0.2, 0.25) is 0 Å². The van der Waals surface area contributed by atoms with Crippen LogP contribution in [0.1, 0.15) is 61.6 Å². The SMILES string of the molecule is CCc1ccc2nc(N3C(=O)C(=O)/C(=C(/O)c4ccc(C)cc4)[C@@H]3c3ccc(C(C)(C)C)cc3)sc2c1. The van der Waals surface area contributed by atoms with Crippen molar-refractivity contribution in [1.82, 2.24) is 4.98 Å². The number of thiazole rings is 1. The smallest absolute Gasteiger partial charge is 0.301 e. The van der Waals surface area contributed by atoms with Crippen molar-refractivity contribution < 1.29 is 14.7 Å². The number of anilines is 1. The number of fused-ring (bicyclic) bond motifs is 1. The van der Waals surface area contributed by atoms with Gasteiger partial charge in [0.25, 0.3) is 5.78 Å². The standard InChI is InChI=1S/C31H30N2O3S/c1-6-19-9-16-23-24(17-19)37-30(32-23)33-26(20-12-14-22(15-13-20)31(3,4)5)25(28(35)29(33)36)27(34)21-10-7-18(2)8-11-21/h7-17,26,34H,6H2,1-5H3/b27-25+/t26-/m0/s1. The molecule has 0 radical (unpaired) electrons. The number of amides is 1. The lowest BCUT2D eigenvalue weighted by molar-refractivity contribution is -0.132. The highest BCUT2D eigenvalue weighted by Gasteiger charge is 2.48. The fourth-order valence-corrected chi connectivity index (χ4v) is 5.71. The molecule has 6 heteroatoms. The zero-order chi connectivity index (χ0) is 26.5. The van der Waals surface area contributed by atoms with Gasteiger partial charge in [0.15, 0.2) is 5.13 Å². The van der Waals surface area contributed by atoms with Gasteiger partial charge in [0.2, 0.25) is 0 Å². The third kappa shape index (κ3) is 4.46. The molecule has 3 aromatic carbocycles. The van der Waals surface area contributed by atoms with Crippen LogP contribution < -0.4 is 4.90 Å². The van der Waals surface area contributed by atoms with Gasteiger partial charge in [0.05, 0.1) is 21.8 Å². The van der Waals surface area contributed by atoms with Crippen molar-refractivity contribution in [3.05, 3.63) is 100 Å². The molecule has 1 aromatic heterocycles. The van der Waals surface area contributed by atoms with Crippen LogP contribution in [0.25, 0.3) is 16.0 Å². The summed E-state index contributed by atoms with van der Waals surface area (Å²) >= 11 is 1.38. The molecule has 0 saturated carbocycles. The summed E-state index contributed by atoms with van der Waals surface area (Å²) in [6.45, 7) is 10.5. The lowest BCUT2D eigenvalue weighted by atomic mass is 9.85. The van der Waals surface area contributed by atoms with Gasteiger partial charge >= 0.3 is 5.91 Å². The van der Waals surface area contributed by atoms with Crippen LogP contribution in [-0.2, 0) is 21.4 Å². The van der Waals surface area contributed by atoms with E-state index in [1.165, 1.54) is 21.8 Å². The van der Waals surface area contributed by atoms with Crippen LogP contribution in [-0.4, -0.2) is 21.8 Å². The van der Waals surface area contributed by atoms with Gasteiger partial charge in [-0.2, -0.15) is 0 Å². The number of aryl methyl sites for hydroxylation is 2. The van der Waals surface area contributed by atoms with Crippen LogP contribution >= 0.6 is 11.3 Å². The first-order chi connectivity index (χ1) is 17.6. The second-order valence-corrected chi connectivity index (χ2v) is 11.6. The third-order valence-corrected chi connectivity index (χ3v) is 7.94. The maximum atomic E-state index is 13.5. The Balaban J connectivity index is 1.70. The van der Waals surface area contributed by atoms with Crippen molar-refractivity contribution in [1.29, 1.82) is 0 Å². The Morgan fingerprint density at radius 3 is 2.30 bits per heavy atom. The van der Waals surface area contributed by atoms with Crippen molar-refractivity contribution in [2.45, 2.75) is 52.5 Å². The van der Waals surface area contributed by atoms with Gasteiger partial charge in [-0.05, 0) is 47.6 Å². The molecule has 0 spiro atoms. The van der Waals surface area contributed by atoms with Crippen LogP contribution in [0.4, 0.5) is 5.13 Å². The van der Waals surface area contributed by atoms with Gasteiger partial charge in [-0.25, -0.2) is 4.98 Å². The van der Waals surface area contributed by atoms with Gasteiger partial charge < -0.3 is 5.11 Å². The van der Waals surface area contributed by atoms with Gasteiger partial charge in [-0.15, -0.1) is 0 Å². The Kier molecular flexibility index (Phi) is 6.24. The minimum Gasteiger partial charge on any atom is -0.507 e. The van der Waals surface area contributed by atoms with Crippen LogP contribution in [0, 0.1) is 6.92 Å². The number of nitrogens with zero attached hydrogens (tertiary/aromatic N) is 2. The fraction of sp³-hybridized carbons (Fsp3) is 0.258. The molecule has 188 valence electrons. The minimum atomic E-state index is -0.790. The quantitative estimate of drug-likeness (QED) is 0.181. The predicted octanol–water partition coefficient (Wildman–Crippen LogP) is 7.09. The number of rotatable bonds is 4. The van der Waals surface area contributed by atoms with Gasteiger partial charge in [0, 0.05) is 5.56 Å². The number of carbonyl (C=O) groups excluding carboxylic acids is 2. The lowest BCUT2D eigenvalue weighted by Crippen LogP contribution is -2.29.